The molecule has 0 spiro atoms. The Labute approximate surface area is 124 Å². The van der Waals surface area contributed by atoms with Crippen molar-refractivity contribution in [1.29, 1.82) is 0 Å². The van der Waals surface area contributed by atoms with Crippen LogP contribution in [0, 0.1) is 0 Å². The number of thioether (sulfide) groups is 1. The van der Waals surface area contributed by atoms with Gasteiger partial charge >= 0.3 is 0 Å². The van der Waals surface area contributed by atoms with Gasteiger partial charge in [0.05, 0.1) is 0 Å². The number of amides is 1. The van der Waals surface area contributed by atoms with Gasteiger partial charge in [-0.2, -0.15) is 0 Å². The largest absolute Gasteiger partial charge is 0.398 e. The van der Waals surface area contributed by atoms with Gasteiger partial charge in [0.2, 0.25) is 5.91 Å². The van der Waals surface area contributed by atoms with Crippen LogP contribution in [0.5, 0.6) is 0 Å². The van der Waals surface area contributed by atoms with E-state index in [0.717, 1.165) is 35.8 Å². The lowest BCUT2D eigenvalue weighted by Gasteiger charge is -2.18. The minimum Gasteiger partial charge on any atom is -0.398 e. The standard InChI is InChI=1S/C14H21ClN2OS/c1-3-17(4-2)14(18)6-5-9-19-13-10-11(15)7-8-12(13)16/h7-8,10H,3-6,9,16H2,1-2H3. The van der Waals surface area contributed by atoms with E-state index in [1.165, 1.54) is 0 Å². The van der Waals surface area contributed by atoms with Crippen LogP contribution < -0.4 is 5.73 Å². The topological polar surface area (TPSA) is 46.3 Å². The molecule has 0 fully saturated rings. The minimum absolute atomic E-state index is 0.227. The van der Waals surface area contributed by atoms with Gasteiger partial charge < -0.3 is 10.6 Å². The van der Waals surface area contributed by atoms with E-state index in [9.17, 15) is 4.79 Å². The number of nitrogens with two attached hydrogens (primary N) is 1. The van der Waals surface area contributed by atoms with Crippen molar-refractivity contribution in [3.63, 3.8) is 0 Å². The van der Waals surface area contributed by atoms with Crippen LogP contribution >= 0.6 is 23.4 Å². The average molecular weight is 301 g/mol. The van der Waals surface area contributed by atoms with Gasteiger partial charge in [-0.05, 0) is 44.2 Å². The van der Waals surface area contributed by atoms with Gasteiger partial charge in [-0.3, -0.25) is 4.79 Å². The highest BCUT2D eigenvalue weighted by Gasteiger charge is 2.09. The average Bonchev–Trinajstić information content (AvgIpc) is 2.40. The molecule has 5 heteroatoms. The first-order valence-electron chi connectivity index (χ1n) is 6.54. The second kappa shape index (κ2) is 8.33. The number of halogens is 1. The Morgan fingerprint density at radius 1 is 1.37 bits per heavy atom. The lowest BCUT2D eigenvalue weighted by Crippen LogP contribution is -2.30. The van der Waals surface area contributed by atoms with Crippen molar-refractivity contribution in [1.82, 2.24) is 4.90 Å². The van der Waals surface area contributed by atoms with Crippen molar-refractivity contribution < 1.29 is 4.79 Å². The van der Waals surface area contributed by atoms with Gasteiger partial charge in [0.1, 0.15) is 0 Å². The van der Waals surface area contributed by atoms with Crippen molar-refractivity contribution >= 4 is 35.0 Å². The third-order valence-electron chi connectivity index (χ3n) is 2.88. The van der Waals surface area contributed by atoms with Crippen LogP contribution in [-0.4, -0.2) is 29.6 Å². The lowest BCUT2D eigenvalue weighted by molar-refractivity contribution is -0.130. The first-order valence-corrected chi connectivity index (χ1v) is 7.90. The lowest BCUT2D eigenvalue weighted by atomic mass is 10.3. The zero-order valence-corrected chi connectivity index (χ0v) is 13.1. The Balaban J connectivity index is 2.35. The van der Waals surface area contributed by atoms with E-state index >= 15 is 0 Å². The van der Waals surface area contributed by atoms with Gasteiger partial charge in [-0.15, -0.1) is 11.8 Å². The molecule has 106 valence electrons. The molecule has 1 rings (SSSR count). The summed E-state index contributed by atoms with van der Waals surface area (Å²) in [5.74, 6) is 1.10. The van der Waals surface area contributed by atoms with E-state index < -0.39 is 0 Å². The van der Waals surface area contributed by atoms with Crippen molar-refractivity contribution in [3.05, 3.63) is 23.2 Å². The van der Waals surface area contributed by atoms with Crippen LogP contribution in [0.15, 0.2) is 23.1 Å². The first kappa shape index (κ1) is 16.2. The maximum atomic E-state index is 11.8. The van der Waals surface area contributed by atoms with Crippen LogP contribution in [0.2, 0.25) is 5.02 Å². The van der Waals surface area contributed by atoms with E-state index in [4.69, 9.17) is 17.3 Å². The number of carbonyl (C=O) groups excluding carboxylic acids is 1. The molecule has 1 aromatic carbocycles. The molecule has 0 aliphatic carbocycles. The molecule has 1 amide bonds. The molecule has 2 N–H and O–H groups in total. The molecule has 0 heterocycles. The van der Waals surface area contributed by atoms with E-state index in [-0.39, 0.29) is 5.91 Å². The second-order valence-corrected chi connectivity index (χ2v) is 5.77. The Morgan fingerprint density at radius 3 is 2.68 bits per heavy atom. The van der Waals surface area contributed by atoms with Crippen LogP contribution in [0.1, 0.15) is 26.7 Å². The summed E-state index contributed by atoms with van der Waals surface area (Å²) >= 11 is 7.58. The zero-order valence-electron chi connectivity index (χ0n) is 11.5. The molecule has 0 bridgehead atoms. The third kappa shape index (κ3) is 5.33. The maximum absolute atomic E-state index is 11.8. The summed E-state index contributed by atoms with van der Waals surface area (Å²) in [5, 5.41) is 0.691. The molecule has 0 aromatic heterocycles. The van der Waals surface area contributed by atoms with Crippen molar-refractivity contribution in [3.8, 4) is 0 Å². The van der Waals surface area contributed by atoms with E-state index in [2.05, 4.69) is 0 Å². The summed E-state index contributed by atoms with van der Waals surface area (Å²) in [6.07, 6.45) is 1.45. The fourth-order valence-electron chi connectivity index (χ4n) is 1.77. The van der Waals surface area contributed by atoms with E-state index in [1.54, 1.807) is 17.8 Å². The molecule has 0 radical (unpaired) electrons. The fourth-order valence-corrected chi connectivity index (χ4v) is 2.96. The molecule has 3 nitrogen and oxygen atoms in total. The molecule has 0 aliphatic rings. The number of nitrogen functional groups attached to an aromatic ring is 1. The van der Waals surface area contributed by atoms with Crippen molar-refractivity contribution in [2.75, 3.05) is 24.6 Å². The SMILES string of the molecule is CCN(CC)C(=O)CCCSc1cc(Cl)ccc1N. The van der Waals surface area contributed by atoms with Crippen LogP contribution in [0.4, 0.5) is 5.69 Å². The summed E-state index contributed by atoms with van der Waals surface area (Å²) < 4.78 is 0. The van der Waals surface area contributed by atoms with E-state index in [0.29, 0.717) is 11.4 Å². The Hall–Kier alpha value is -0.870. The van der Waals surface area contributed by atoms with Crippen molar-refractivity contribution in [2.24, 2.45) is 0 Å². The fraction of sp³-hybridized carbons (Fsp3) is 0.500. The molecule has 0 saturated carbocycles. The highest BCUT2D eigenvalue weighted by atomic mass is 35.5. The Kier molecular flexibility index (Phi) is 7.10. The molecule has 1 aromatic rings. The number of carbonyl (C=O) groups is 1. The van der Waals surface area contributed by atoms with Crippen LogP contribution in [0.3, 0.4) is 0 Å². The quantitative estimate of drug-likeness (QED) is 0.475. The highest BCUT2D eigenvalue weighted by Crippen LogP contribution is 2.28. The Morgan fingerprint density at radius 2 is 2.05 bits per heavy atom. The third-order valence-corrected chi connectivity index (χ3v) is 4.28. The predicted octanol–water partition coefficient (Wildman–Crippen LogP) is 3.66. The number of hydrogen-bond acceptors (Lipinski definition) is 3. The van der Waals surface area contributed by atoms with Gasteiger partial charge in [0.25, 0.3) is 0 Å². The van der Waals surface area contributed by atoms with Crippen LogP contribution in [-0.2, 0) is 4.79 Å². The minimum atomic E-state index is 0.227. The zero-order chi connectivity index (χ0) is 14.3. The molecule has 0 aliphatic heterocycles. The van der Waals surface area contributed by atoms with E-state index in [1.807, 2.05) is 30.9 Å². The summed E-state index contributed by atoms with van der Waals surface area (Å²) in [5.41, 5.74) is 6.61. The number of hydrogen-bond donors (Lipinski definition) is 1. The van der Waals surface area contributed by atoms with Gasteiger partial charge in [-0.1, -0.05) is 11.6 Å². The predicted molar refractivity (Wildman–Crippen MR) is 83.8 cm³/mol. The maximum Gasteiger partial charge on any atom is 0.222 e. The number of anilines is 1. The van der Waals surface area contributed by atoms with Gasteiger partial charge in [0.15, 0.2) is 0 Å². The number of benzene rings is 1. The molecular formula is C14H21ClN2OS. The van der Waals surface area contributed by atoms with Crippen LogP contribution in [0.25, 0.3) is 0 Å². The smallest absolute Gasteiger partial charge is 0.222 e. The van der Waals surface area contributed by atoms with Gasteiger partial charge in [-0.25, -0.2) is 0 Å². The number of nitrogens with zero attached hydrogens (tertiary/aromatic N) is 1. The number of rotatable bonds is 7. The van der Waals surface area contributed by atoms with Gasteiger partial charge in [0, 0.05) is 35.1 Å². The highest BCUT2D eigenvalue weighted by molar-refractivity contribution is 7.99. The molecule has 0 unspecified atom stereocenters. The monoisotopic (exact) mass is 300 g/mol. The summed E-state index contributed by atoms with van der Waals surface area (Å²) in [6.45, 7) is 5.57. The molecule has 0 atom stereocenters. The first-order chi connectivity index (χ1) is 9.08. The summed E-state index contributed by atoms with van der Waals surface area (Å²) in [6, 6.07) is 5.46. The molecular weight excluding hydrogens is 280 g/mol. The normalized spacial score (nSPS) is 10.5. The van der Waals surface area contributed by atoms with Crippen molar-refractivity contribution in [2.45, 2.75) is 31.6 Å². The molecule has 19 heavy (non-hydrogen) atoms. The Bertz CT molecular complexity index is 422. The summed E-state index contributed by atoms with van der Waals surface area (Å²) in [7, 11) is 0. The second-order valence-electron chi connectivity index (χ2n) is 4.20. The molecule has 0 saturated heterocycles. The summed E-state index contributed by atoms with van der Waals surface area (Å²) in [4.78, 5) is 14.7.